The molecule has 2 rings (SSSR count). The van der Waals surface area contributed by atoms with Crippen LogP contribution in [0.2, 0.25) is 0 Å². The number of urea groups is 1. The van der Waals surface area contributed by atoms with E-state index in [9.17, 15) is 18.4 Å². The first kappa shape index (κ1) is 14.2. The quantitative estimate of drug-likeness (QED) is 0.875. The van der Waals surface area contributed by atoms with Crippen LogP contribution in [0.3, 0.4) is 0 Å². The number of rotatable bonds is 2. The first-order valence-corrected chi connectivity index (χ1v) is 6.21. The molecule has 1 aromatic carbocycles. The van der Waals surface area contributed by atoms with Gasteiger partial charge in [-0.3, -0.25) is 4.79 Å². The molecule has 0 bridgehead atoms. The Kier molecular flexibility index (Phi) is 4.16. The lowest BCUT2D eigenvalue weighted by Crippen LogP contribution is -2.42. The fraction of sp³-hybridized carbons (Fsp3) is 0.385. The number of aliphatic carboxylic acids is 1. The van der Waals surface area contributed by atoms with Crippen LogP contribution in [-0.4, -0.2) is 35.1 Å². The first-order chi connectivity index (χ1) is 9.47. The highest BCUT2D eigenvalue weighted by Crippen LogP contribution is 2.19. The van der Waals surface area contributed by atoms with Gasteiger partial charge in [-0.05, 0) is 25.0 Å². The summed E-state index contributed by atoms with van der Waals surface area (Å²) < 4.78 is 25.8. The molecule has 0 spiro atoms. The number of carboxylic acid groups (broad SMARTS) is 1. The number of carbonyl (C=O) groups excluding carboxylic acids is 1. The van der Waals surface area contributed by atoms with Crippen LogP contribution in [0.25, 0.3) is 0 Å². The SMILES string of the molecule is O=C(O)C1CCN(C(=O)Nc2ccc(F)c(F)c2)CC1. The number of benzene rings is 1. The van der Waals surface area contributed by atoms with Gasteiger partial charge >= 0.3 is 12.0 Å². The van der Waals surface area contributed by atoms with E-state index < -0.39 is 29.6 Å². The van der Waals surface area contributed by atoms with Crippen LogP contribution in [0.4, 0.5) is 19.3 Å². The molecule has 1 aromatic rings. The van der Waals surface area contributed by atoms with Crippen molar-refractivity contribution in [1.29, 1.82) is 0 Å². The summed E-state index contributed by atoms with van der Waals surface area (Å²) in [6, 6.07) is 2.65. The number of anilines is 1. The molecule has 0 radical (unpaired) electrons. The Morgan fingerprint density at radius 1 is 1.20 bits per heavy atom. The molecule has 1 aliphatic heterocycles. The lowest BCUT2D eigenvalue weighted by atomic mass is 9.97. The Balaban J connectivity index is 1.92. The summed E-state index contributed by atoms with van der Waals surface area (Å²) in [5.74, 6) is -3.30. The Morgan fingerprint density at radius 3 is 2.40 bits per heavy atom. The molecule has 0 atom stereocenters. The van der Waals surface area contributed by atoms with E-state index in [1.807, 2.05) is 0 Å². The van der Waals surface area contributed by atoms with Crippen LogP contribution in [-0.2, 0) is 4.79 Å². The molecule has 108 valence electrons. The summed E-state index contributed by atoms with van der Waals surface area (Å²) in [5.41, 5.74) is 0.161. The number of carboxylic acids is 1. The predicted octanol–water partition coefficient (Wildman–Crippen LogP) is 2.29. The van der Waals surface area contributed by atoms with Gasteiger partial charge in [-0.15, -0.1) is 0 Å². The Labute approximate surface area is 114 Å². The number of carbonyl (C=O) groups is 2. The monoisotopic (exact) mass is 284 g/mol. The van der Waals surface area contributed by atoms with Gasteiger partial charge in [-0.1, -0.05) is 0 Å². The standard InChI is InChI=1S/C13H14F2N2O3/c14-10-2-1-9(7-11(10)15)16-13(20)17-5-3-8(4-6-17)12(18)19/h1-2,7-8H,3-6H2,(H,16,20)(H,18,19). The molecule has 1 heterocycles. The number of halogens is 2. The lowest BCUT2D eigenvalue weighted by molar-refractivity contribution is -0.143. The lowest BCUT2D eigenvalue weighted by Gasteiger charge is -2.30. The average molecular weight is 284 g/mol. The number of nitrogens with one attached hydrogen (secondary N) is 1. The number of amides is 2. The maximum atomic E-state index is 13.0. The molecule has 0 unspecified atom stereocenters. The van der Waals surface area contributed by atoms with Crippen LogP contribution in [0, 0.1) is 17.6 Å². The highest BCUT2D eigenvalue weighted by atomic mass is 19.2. The third-order valence-electron chi connectivity index (χ3n) is 3.30. The van der Waals surface area contributed by atoms with Crippen molar-refractivity contribution in [1.82, 2.24) is 4.90 Å². The fourth-order valence-electron chi connectivity index (χ4n) is 2.11. The van der Waals surface area contributed by atoms with E-state index in [0.29, 0.717) is 25.9 Å². The number of likely N-dealkylation sites (tertiary alicyclic amines) is 1. The van der Waals surface area contributed by atoms with Gasteiger partial charge in [0.25, 0.3) is 0 Å². The van der Waals surface area contributed by atoms with Crippen LogP contribution >= 0.6 is 0 Å². The van der Waals surface area contributed by atoms with Gasteiger partial charge in [0.2, 0.25) is 0 Å². The fourth-order valence-corrected chi connectivity index (χ4v) is 2.11. The van der Waals surface area contributed by atoms with E-state index in [1.54, 1.807) is 0 Å². The van der Waals surface area contributed by atoms with Crippen molar-refractivity contribution in [2.75, 3.05) is 18.4 Å². The highest BCUT2D eigenvalue weighted by molar-refractivity contribution is 5.89. The minimum Gasteiger partial charge on any atom is -0.481 e. The molecule has 20 heavy (non-hydrogen) atoms. The zero-order chi connectivity index (χ0) is 14.7. The van der Waals surface area contributed by atoms with Gasteiger partial charge < -0.3 is 15.3 Å². The average Bonchev–Trinajstić information content (AvgIpc) is 2.43. The summed E-state index contributed by atoms with van der Waals surface area (Å²) in [6.45, 7) is 0.652. The van der Waals surface area contributed by atoms with Crippen molar-refractivity contribution in [3.05, 3.63) is 29.8 Å². The first-order valence-electron chi connectivity index (χ1n) is 6.21. The summed E-state index contributed by atoms with van der Waals surface area (Å²) >= 11 is 0. The minimum absolute atomic E-state index is 0.161. The molecular formula is C13H14F2N2O3. The topological polar surface area (TPSA) is 69.6 Å². The molecule has 1 aliphatic rings. The van der Waals surface area contributed by atoms with Gasteiger partial charge in [0.1, 0.15) is 0 Å². The van der Waals surface area contributed by atoms with Gasteiger partial charge in [0, 0.05) is 24.8 Å². The third-order valence-corrected chi connectivity index (χ3v) is 3.30. The van der Waals surface area contributed by atoms with E-state index in [-0.39, 0.29) is 5.69 Å². The van der Waals surface area contributed by atoms with Crippen molar-refractivity contribution in [2.24, 2.45) is 5.92 Å². The zero-order valence-corrected chi connectivity index (χ0v) is 10.6. The molecule has 0 aromatic heterocycles. The number of nitrogens with zero attached hydrogens (tertiary/aromatic N) is 1. The van der Waals surface area contributed by atoms with Crippen molar-refractivity contribution in [2.45, 2.75) is 12.8 Å². The third kappa shape index (κ3) is 3.23. The normalized spacial score (nSPS) is 16.0. The number of hydrogen-bond donors (Lipinski definition) is 2. The van der Waals surface area contributed by atoms with Gasteiger partial charge in [0.05, 0.1) is 5.92 Å². The van der Waals surface area contributed by atoms with Crippen molar-refractivity contribution >= 4 is 17.7 Å². The summed E-state index contributed by atoms with van der Waals surface area (Å²) in [7, 11) is 0. The van der Waals surface area contributed by atoms with Crippen molar-refractivity contribution in [3.8, 4) is 0 Å². The Morgan fingerprint density at radius 2 is 1.85 bits per heavy atom. The van der Waals surface area contributed by atoms with Gasteiger partial charge in [0.15, 0.2) is 11.6 Å². The van der Waals surface area contributed by atoms with E-state index in [1.165, 1.54) is 11.0 Å². The molecule has 5 nitrogen and oxygen atoms in total. The molecule has 2 amide bonds. The molecule has 0 aliphatic carbocycles. The maximum absolute atomic E-state index is 13.0. The van der Waals surface area contributed by atoms with Gasteiger partial charge in [-0.25, -0.2) is 13.6 Å². The van der Waals surface area contributed by atoms with Crippen LogP contribution in [0.5, 0.6) is 0 Å². The van der Waals surface area contributed by atoms with Crippen LogP contribution in [0.1, 0.15) is 12.8 Å². The molecule has 2 N–H and O–H groups in total. The summed E-state index contributed by atoms with van der Waals surface area (Å²) in [4.78, 5) is 24.1. The Bertz CT molecular complexity index is 528. The predicted molar refractivity (Wildman–Crippen MR) is 67.3 cm³/mol. The van der Waals surface area contributed by atoms with Crippen molar-refractivity contribution in [3.63, 3.8) is 0 Å². The Hall–Kier alpha value is -2.18. The second-order valence-corrected chi connectivity index (χ2v) is 4.66. The highest BCUT2D eigenvalue weighted by Gasteiger charge is 2.27. The number of piperidine rings is 1. The second-order valence-electron chi connectivity index (χ2n) is 4.66. The van der Waals surface area contributed by atoms with Crippen LogP contribution < -0.4 is 5.32 Å². The zero-order valence-electron chi connectivity index (χ0n) is 10.6. The molecule has 1 saturated heterocycles. The molecule has 1 fully saturated rings. The summed E-state index contributed by atoms with van der Waals surface area (Å²) in [6.07, 6.45) is 0.779. The van der Waals surface area contributed by atoms with E-state index in [4.69, 9.17) is 5.11 Å². The van der Waals surface area contributed by atoms with Crippen LogP contribution in [0.15, 0.2) is 18.2 Å². The van der Waals surface area contributed by atoms with E-state index in [0.717, 1.165) is 12.1 Å². The summed E-state index contributed by atoms with van der Waals surface area (Å²) in [5, 5.41) is 11.3. The second kappa shape index (κ2) is 5.85. The number of hydrogen-bond acceptors (Lipinski definition) is 2. The smallest absolute Gasteiger partial charge is 0.321 e. The van der Waals surface area contributed by atoms with Gasteiger partial charge in [-0.2, -0.15) is 0 Å². The largest absolute Gasteiger partial charge is 0.481 e. The maximum Gasteiger partial charge on any atom is 0.321 e. The molecule has 0 saturated carbocycles. The minimum atomic E-state index is -1.03. The van der Waals surface area contributed by atoms with E-state index in [2.05, 4.69) is 5.32 Å². The molecule has 7 heteroatoms. The molecular weight excluding hydrogens is 270 g/mol. The van der Waals surface area contributed by atoms with Crippen molar-refractivity contribution < 1.29 is 23.5 Å². The van der Waals surface area contributed by atoms with E-state index >= 15 is 0 Å².